The maximum Gasteiger partial charge on any atom is 0.261 e. The third-order valence-electron chi connectivity index (χ3n) is 4.56. The molecule has 0 saturated carbocycles. The van der Waals surface area contributed by atoms with Crippen molar-refractivity contribution in [1.29, 1.82) is 0 Å². The van der Waals surface area contributed by atoms with Crippen molar-refractivity contribution < 1.29 is 14.7 Å². The van der Waals surface area contributed by atoms with Crippen molar-refractivity contribution in [3.8, 4) is 5.75 Å². The van der Waals surface area contributed by atoms with Gasteiger partial charge in [0, 0.05) is 11.4 Å². The van der Waals surface area contributed by atoms with Crippen LogP contribution < -0.4 is 10.6 Å². The predicted molar refractivity (Wildman–Crippen MR) is 123 cm³/mol. The number of amides is 2. The number of carbonyl (C=O) groups is 2. The van der Waals surface area contributed by atoms with Gasteiger partial charge in [0.1, 0.15) is 11.3 Å². The Balaban J connectivity index is 1.97. The summed E-state index contributed by atoms with van der Waals surface area (Å²) in [6.45, 7) is 3.76. The molecule has 0 aliphatic carbocycles. The van der Waals surface area contributed by atoms with Crippen LogP contribution in [0.1, 0.15) is 16.7 Å². The lowest BCUT2D eigenvalue weighted by Gasteiger charge is -2.13. The molecule has 0 heterocycles. The van der Waals surface area contributed by atoms with E-state index in [0.717, 1.165) is 11.1 Å². The molecule has 6 heteroatoms. The molecule has 0 fully saturated rings. The molecule has 30 heavy (non-hydrogen) atoms. The van der Waals surface area contributed by atoms with E-state index < -0.39 is 11.8 Å². The molecule has 0 spiro atoms. The largest absolute Gasteiger partial charge is 0.507 e. The Hall–Kier alpha value is -3.38. The molecule has 5 nitrogen and oxygen atoms in total. The van der Waals surface area contributed by atoms with E-state index in [1.807, 2.05) is 50.2 Å². The lowest BCUT2D eigenvalue weighted by molar-refractivity contribution is -0.118. The van der Waals surface area contributed by atoms with E-state index in [1.54, 1.807) is 24.3 Å². The summed E-state index contributed by atoms with van der Waals surface area (Å²) in [4.78, 5) is 26.1. The first kappa shape index (κ1) is 21.3. The molecule has 0 atom stereocenters. The highest BCUT2D eigenvalue weighted by Crippen LogP contribution is 2.26. The number of carbonyl (C=O) groups excluding carboxylic acids is 2. The smallest absolute Gasteiger partial charge is 0.261 e. The van der Waals surface area contributed by atoms with Gasteiger partial charge in [-0.3, -0.25) is 9.59 Å². The zero-order valence-corrected chi connectivity index (χ0v) is 18.2. The first-order valence-corrected chi connectivity index (χ1v) is 10.1. The van der Waals surface area contributed by atoms with Crippen molar-refractivity contribution in [2.75, 3.05) is 10.6 Å². The van der Waals surface area contributed by atoms with E-state index in [2.05, 4.69) is 26.6 Å². The van der Waals surface area contributed by atoms with E-state index in [9.17, 15) is 14.7 Å². The summed E-state index contributed by atoms with van der Waals surface area (Å²) >= 11 is 3.26. The van der Waals surface area contributed by atoms with E-state index >= 15 is 0 Å². The molecule has 0 saturated heterocycles. The van der Waals surface area contributed by atoms with E-state index in [4.69, 9.17) is 0 Å². The van der Waals surface area contributed by atoms with Crippen molar-refractivity contribution in [3.63, 3.8) is 0 Å². The number of rotatable bonds is 5. The Morgan fingerprint density at radius 1 is 0.833 bits per heavy atom. The monoisotopic (exact) mass is 464 g/mol. The first-order valence-electron chi connectivity index (χ1n) is 9.29. The molecular weight excluding hydrogens is 444 g/mol. The fourth-order valence-corrected chi connectivity index (χ4v) is 3.22. The van der Waals surface area contributed by atoms with Gasteiger partial charge in [-0.05, 0) is 76.8 Å². The molecule has 0 aliphatic heterocycles. The molecular formula is C24H21BrN2O3. The van der Waals surface area contributed by atoms with Crippen molar-refractivity contribution >= 4 is 45.2 Å². The number of halogens is 1. The highest BCUT2D eigenvalue weighted by molar-refractivity contribution is 9.10. The lowest BCUT2D eigenvalue weighted by Crippen LogP contribution is -2.25. The number of benzene rings is 3. The zero-order chi connectivity index (χ0) is 21.7. The van der Waals surface area contributed by atoms with Crippen LogP contribution in [0, 0.1) is 13.8 Å². The molecule has 3 aromatic rings. The fraction of sp³-hybridized carbons (Fsp3) is 0.0833. The summed E-state index contributed by atoms with van der Waals surface area (Å²) in [5, 5.41) is 15.3. The van der Waals surface area contributed by atoms with Crippen LogP contribution in [0.4, 0.5) is 11.4 Å². The normalized spacial score (nSPS) is 10.2. The minimum Gasteiger partial charge on any atom is -0.507 e. The summed E-state index contributed by atoms with van der Waals surface area (Å²) < 4.78 is 0.467. The Morgan fingerprint density at radius 3 is 1.80 bits per heavy atom. The molecule has 0 aromatic heterocycles. The third kappa shape index (κ3) is 5.15. The zero-order valence-electron chi connectivity index (χ0n) is 16.6. The van der Waals surface area contributed by atoms with Gasteiger partial charge >= 0.3 is 0 Å². The van der Waals surface area contributed by atoms with Gasteiger partial charge < -0.3 is 15.7 Å². The number of phenols is 1. The van der Waals surface area contributed by atoms with Gasteiger partial charge in [-0.2, -0.15) is 0 Å². The van der Waals surface area contributed by atoms with Crippen molar-refractivity contribution in [2.24, 2.45) is 0 Å². The topological polar surface area (TPSA) is 78.4 Å². The average Bonchev–Trinajstić information content (AvgIpc) is 2.72. The summed E-state index contributed by atoms with van der Waals surface area (Å²) in [7, 11) is 0. The van der Waals surface area contributed by atoms with Gasteiger partial charge in [0.25, 0.3) is 11.8 Å². The van der Waals surface area contributed by atoms with Crippen LogP contribution in [-0.2, 0) is 9.59 Å². The quantitative estimate of drug-likeness (QED) is 0.267. The molecule has 0 radical (unpaired) electrons. The van der Waals surface area contributed by atoms with E-state index in [0.29, 0.717) is 21.4 Å². The van der Waals surface area contributed by atoms with Crippen LogP contribution in [0.5, 0.6) is 5.75 Å². The first-order chi connectivity index (χ1) is 14.3. The molecule has 0 aliphatic rings. The Bertz CT molecular complexity index is 1080. The van der Waals surface area contributed by atoms with Gasteiger partial charge in [0.15, 0.2) is 0 Å². The van der Waals surface area contributed by atoms with E-state index in [1.165, 1.54) is 12.1 Å². The van der Waals surface area contributed by atoms with Crippen LogP contribution in [0.15, 0.2) is 76.8 Å². The second-order valence-electron chi connectivity index (χ2n) is 6.81. The van der Waals surface area contributed by atoms with Gasteiger partial charge in [-0.1, -0.05) is 42.5 Å². The molecule has 0 unspecified atom stereocenters. The summed E-state index contributed by atoms with van der Waals surface area (Å²) in [5.74, 6) is -0.985. The summed E-state index contributed by atoms with van der Waals surface area (Å²) in [6, 6.07) is 19.5. The number of para-hydroxylation sites is 2. The van der Waals surface area contributed by atoms with Crippen molar-refractivity contribution in [3.05, 3.63) is 93.5 Å². The van der Waals surface area contributed by atoms with Crippen molar-refractivity contribution in [1.82, 2.24) is 0 Å². The average molecular weight is 465 g/mol. The van der Waals surface area contributed by atoms with Gasteiger partial charge in [-0.15, -0.1) is 0 Å². The fourth-order valence-electron chi connectivity index (χ4n) is 2.82. The van der Waals surface area contributed by atoms with E-state index in [-0.39, 0.29) is 11.3 Å². The number of hydrogen-bond donors (Lipinski definition) is 3. The van der Waals surface area contributed by atoms with Crippen LogP contribution in [0.3, 0.4) is 0 Å². The standard InChI is InChI=1S/C24H21BrN2O3/c1-15-7-3-5-9-20(15)26-23(29)18(13-17-11-12-22(28)19(25)14-17)24(30)27-21-10-6-4-8-16(21)2/h3-14,28H,1-2H3,(H,26,29)(H,27,30). The SMILES string of the molecule is Cc1ccccc1NC(=O)C(=Cc1ccc(O)c(Br)c1)C(=O)Nc1ccccc1C. The number of aromatic hydroxyl groups is 1. The van der Waals surface area contributed by atoms with Gasteiger partial charge in [-0.25, -0.2) is 0 Å². The minimum atomic E-state index is -0.528. The molecule has 3 N–H and O–H groups in total. The maximum atomic E-state index is 13.0. The summed E-state index contributed by atoms with van der Waals surface area (Å²) in [6.07, 6.45) is 1.49. The second-order valence-corrected chi connectivity index (χ2v) is 7.66. The predicted octanol–water partition coefficient (Wildman–Crippen LogP) is 5.43. The number of aryl methyl sites for hydroxylation is 2. The second kappa shape index (κ2) is 9.41. The molecule has 0 bridgehead atoms. The molecule has 3 rings (SSSR count). The highest BCUT2D eigenvalue weighted by Gasteiger charge is 2.20. The van der Waals surface area contributed by atoms with Crippen molar-refractivity contribution in [2.45, 2.75) is 13.8 Å². The lowest BCUT2D eigenvalue weighted by atomic mass is 10.1. The van der Waals surface area contributed by atoms with Gasteiger partial charge in [0.2, 0.25) is 0 Å². The minimum absolute atomic E-state index is 0.0564. The Labute approximate surface area is 183 Å². The van der Waals surface area contributed by atoms with Crippen LogP contribution in [-0.4, -0.2) is 16.9 Å². The molecule has 3 aromatic carbocycles. The van der Waals surface area contributed by atoms with Crippen LogP contribution >= 0.6 is 15.9 Å². The maximum absolute atomic E-state index is 13.0. The number of anilines is 2. The number of hydrogen-bond acceptors (Lipinski definition) is 3. The highest BCUT2D eigenvalue weighted by atomic mass is 79.9. The van der Waals surface area contributed by atoms with Crippen LogP contribution in [0.25, 0.3) is 6.08 Å². The number of nitrogens with one attached hydrogen (secondary N) is 2. The van der Waals surface area contributed by atoms with Crippen LogP contribution in [0.2, 0.25) is 0 Å². The van der Waals surface area contributed by atoms with Gasteiger partial charge in [0.05, 0.1) is 4.47 Å². The Kier molecular flexibility index (Phi) is 6.69. The molecule has 2 amide bonds. The Morgan fingerprint density at radius 2 is 1.33 bits per heavy atom. The summed E-state index contributed by atoms with van der Waals surface area (Å²) in [5.41, 5.74) is 3.57. The molecule has 152 valence electrons. The number of phenolic OH excluding ortho intramolecular Hbond substituents is 1. The third-order valence-corrected chi connectivity index (χ3v) is 5.19.